The molecule has 0 bridgehead atoms. The number of amides is 1. The van der Waals surface area contributed by atoms with Gasteiger partial charge in [-0.25, -0.2) is 8.42 Å². The highest BCUT2D eigenvalue weighted by Gasteiger charge is 2.39. The molecule has 5 nitrogen and oxygen atoms in total. The van der Waals surface area contributed by atoms with Crippen LogP contribution in [0.25, 0.3) is 10.8 Å². The van der Waals surface area contributed by atoms with Gasteiger partial charge in [-0.1, -0.05) is 23.7 Å². The molecule has 1 aliphatic rings. The first-order valence-electron chi connectivity index (χ1n) is 7.90. The Morgan fingerprint density at radius 3 is 2.31 bits per heavy atom. The molecule has 3 aromatic rings. The zero-order valence-corrected chi connectivity index (χ0v) is 15.7. The summed E-state index contributed by atoms with van der Waals surface area (Å²) in [4.78, 5) is 14.8. The summed E-state index contributed by atoms with van der Waals surface area (Å²) in [6, 6.07) is 14.7. The minimum Gasteiger partial charge on any atom is -0.378 e. The summed E-state index contributed by atoms with van der Waals surface area (Å²) in [7, 11) is -0.296. The van der Waals surface area contributed by atoms with E-state index in [-0.39, 0.29) is 4.90 Å². The molecule has 0 radical (unpaired) electrons. The third-order valence-corrected chi connectivity index (χ3v) is 6.53. The molecule has 3 aromatic carbocycles. The fourth-order valence-corrected chi connectivity index (χ4v) is 4.82. The average molecular weight is 387 g/mol. The van der Waals surface area contributed by atoms with E-state index in [2.05, 4.69) is 0 Å². The first-order valence-corrected chi connectivity index (χ1v) is 9.72. The highest BCUT2D eigenvalue weighted by molar-refractivity contribution is 7.93. The van der Waals surface area contributed by atoms with Gasteiger partial charge in [0.05, 0.1) is 16.1 Å². The zero-order valence-electron chi connectivity index (χ0n) is 14.1. The van der Waals surface area contributed by atoms with Gasteiger partial charge < -0.3 is 4.90 Å². The topological polar surface area (TPSA) is 57.7 Å². The molecule has 0 aromatic heterocycles. The van der Waals surface area contributed by atoms with E-state index in [1.54, 1.807) is 42.5 Å². The van der Waals surface area contributed by atoms with Crippen molar-refractivity contribution in [2.75, 3.05) is 23.3 Å². The van der Waals surface area contributed by atoms with Crippen molar-refractivity contribution in [1.82, 2.24) is 0 Å². The molecular formula is C19H15ClN2O3S. The number of carbonyl (C=O) groups excluding carboxylic acids is 1. The molecule has 0 N–H and O–H groups in total. The van der Waals surface area contributed by atoms with Gasteiger partial charge in [-0.05, 0) is 42.5 Å². The maximum atomic E-state index is 13.2. The van der Waals surface area contributed by atoms with Crippen molar-refractivity contribution in [2.24, 2.45) is 0 Å². The summed E-state index contributed by atoms with van der Waals surface area (Å²) in [6.45, 7) is 0. The molecule has 7 heteroatoms. The Labute approximate surface area is 156 Å². The molecule has 4 rings (SSSR count). The second kappa shape index (κ2) is 5.72. The summed E-state index contributed by atoms with van der Waals surface area (Å²) < 4.78 is 27.2. The fraction of sp³-hybridized carbons (Fsp3) is 0.105. The van der Waals surface area contributed by atoms with Crippen LogP contribution in [0, 0.1) is 0 Å². The number of benzene rings is 3. The fourth-order valence-electron chi connectivity index (χ4n) is 3.18. The minimum atomic E-state index is -4.04. The van der Waals surface area contributed by atoms with Crippen molar-refractivity contribution in [3.05, 3.63) is 65.2 Å². The second-order valence-electron chi connectivity index (χ2n) is 6.26. The highest BCUT2D eigenvalue weighted by atomic mass is 35.5. The Morgan fingerprint density at radius 1 is 0.962 bits per heavy atom. The van der Waals surface area contributed by atoms with Crippen LogP contribution in [0.4, 0.5) is 11.4 Å². The maximum Gasteiger partial charge on any atom is 0.273 e. The van der Waals surface area contributed by atoms with E-state index in [1.165, 1.54) is 12.1 Å². The number of halogens is 1. The summed E-state index contributed by atoms with van der Waals surface area (Å²) in [5, 5.41) is 1.71. The number of hydrogen-bond acceptors (Lipinski definition) is 4. The van der Waals surface area contributed by atoms with Crippen molar-refractivity contribution in [3.63, 3.8) is 0 Å². The van der Waals surface area contributed by atoms with Crippen LogP contribution in [0.15, 0.2) is 59.5 Å². The molecule has 0 unspecified atom stereocenters. The van der Waals surface area contributed by atoms with Gasteiger partial charge in [0.2, 0.25) is 0 Å². The standard InChI is InChI=1S/C19H15ClN2O3S/c1-21(2)12-6-8-13(9-7-12)26(24,25)22-17-11-10-16(20)14-4-3-5-15(18(14)17)19(22)23/h3-11H,1-2H3. The van der Waals surface area contributed by atoms with E-state index in [0.29, 0.717) is 27.0 Å². The van der Waals surface area contributed by atoms with Crippen LogP contribution in [0.3, 0.4) is 0 Å². The van der Waals surface area contributed by atoms with Gasteiger partial charge in [-0.2, -0.15) is 4.31 Å². The van der Waals surface area contributed by atoms with Crippen LogP contribution in [0.1, 0.15) is 10.4 Å². The van der Waals surface area contributed by atoms with Crippen LogP contribution in [0.2, 0.25) is 5.02 Å². The van der Waals surface area contributed by atoms with Crippen molar-refractivity contribution in [3.8, 4) is 0 Å². The first-order chi connectivity index (χ1) is 12.3. The monoisotopic (exact) mass is 386 g/mol. The number of anilines is 2. The molecule has 26 heavy (non-hydrogen) atoms. The van der Waals surface area contributed by atoms with Gasteiger partial charge in [-0.3, -0.25) is 4.79 Å². The minimum absolute atomic E-state index is 0.0624. The quantitative estimate of drug-likeness (QED) is 0.684. The van der Waals surface area contributed by atoms with E-state index in [4.69, 9.17) is 11.6 Å². The molecule has 0 saturated carbocycles. The molecule has 132 valence electrons. The number of nitrogens with zero attached hydrogens (tertiary/aromatic N) is 2. The average Bonchev–Trinajstić information content (AvgIpc) is 2.92. The Balaban J connectivity index is 1.89. The van der Waals surface area contributed by atoms with Gasteiger partial charge in [0.25, 0.3) is 15.9 Å². The molecule has 1 aliphatic heterocycles. The number of carbonyl (C=O) groups is 1. The molecule has 0 atom stereocenters. The lowest BCUT2D eigenvalue weighted by Gasteiger charge is -2.19. The third kappa shape index (κ3) is 2.29. The SMILES string of the molecule is CN(C)c1ccc(S(=O)(=O)N2C(=O)c3cccc4c(Cl)ccc2c34)cc1. The lowest BCUT2D eigenvalue weighted by Crippen LogP contribution is -2.33. The summed E-state index contributed by atoms with van der Waals surface area (Å²) in [6.07, 6.45) is 0. The lowest BCUT2D eigenvalue weighted by atomic mass is 10.1. The van der Waals surface area contributed by atoms with Gasteiger partial charge in [-0.15, -0.1) is 0 Å². The van der Waals surface area contributed by atoms with Crippen LogP contribution >= 0.6 is 11.6 Å². The van der Waals surface area contributed by atoms with Crippen molar-refractivity contribution >= 4 is 49.7 Å². The van der Waals surface area contributed by atoms with Gasteiger partial charge in [0, 0.05) is 35.6 Å². The molecule has 0 aliphatic carbocycles. The predicted molar refractivity (Wildman–Crippen MR) is 104 cm³/mol. The second-order valence-corrected chi connectivity index (χ2v) is 8.45. The van der Waals surface area contributed by atoms with Crippen molar-refractivity contribution in [2.45, 2.75) is 4.90 Å². The summed E-state index contributed by atoms with van der Waals surface area (Å²) >= 11 is 6.22. The van der Waals surface area contributed by atoms with Crippen LogP contribution in [-0.4, -0.2) is 28.4 Å². The Bertz CT molecular complexity index is 1160. The molecule has 0 fully saturated rings. The molecule has 0 spiro atoms. The van der Waals surface area contributed by atoms with E-state index in [0.717, 1.165) is 9.99 Å². The number of sulfonamides is 1. The van der Waals surface area contributed by atoms with E-state index in [1.807, 2.05) is 19.0 Å². The predicted octanol–water partition coefficient (Wildman–Crippen LogP) is 3.91. The van der Waals surface area contributed by atoms with E-state index < -0.39 is 15.9 Å². The Hall–Kier alpha value is -2.57. The van der Waals surface area contributed by atoms with Crippen LogP contribution < -0.4 is 9.21 Å². The van der Waals surface area contributed by atoms with Crippen LogP contribution in [-0.2, 0) is 10.0 Å². The largest absolute Gasteiger partial charge is 0.378 e. The number of hydrogen-bond donors (Lipinski definition) is 0. The summed E-state index contributed by atoms with van der Waals surface area (Å²) in [5.41, 5.74) is 1.55. The normalized spacial score (nSPS) is 13.5. The molecule has 1 amide bonds. The van der Waals surface area contributed by atoms with Crippen LogP contribution in [0.5, 0.6) is 0 Å². The lowest BCUT2D eigenvalue weighted by molar-refractivity contribution is 0.101. The van der Waals surface area contributed by atoms with Crippen molar-refractivity contribution < 1.29 is 13.2 Å². The van der Waals surface area contributed by atoms with E-state index in [9.17, 15) is 13.2 Å². The van der Waals surface area contributed by atoms with Gasteiger partial charge in [0.15, 0.2) is 0 Å². The summed E-state index contributed by atoms with van der Waals surface area (Å²) in [5.74, 6) is -0.565. The smallest absolute Gasteiger partial charge is 0.273 e. The van der Waals surface area contributed by atoms with E-state index >= 15 is 0 Å². The molecule has 1 heterocycles. The maximum absolute atomic E-state index is 13.2. The van der Waals surface area contributed by atoms with Crippen molar-refractivity contribution in [1.29, 1.82) is 0 Å². The third-order valence-electron chi connectivity index (χ3n) is 4.49. The highest BCUT2D eigenvalue weighted by Crippen LogP contribution is 2.42. The first kappa shape index (κ1) is 16.9. The Morgan fingerprint density at radius 2 is 1.65 bits per heavy atom. The number of rotatable bonds is 3. The molecular weight excluding hydrogens is 372 g/mol. The van der Waals surface area contributed by atoms with Gasteiger partial charge >= 0.3 is 0 Å². The Kier molecular flexibility index (Phi) is 3.71. The molecule has 0 saturated heterocycles. The van der Waals surface area contributed by atoms with Gasteiger partial charge in [0.1, 0.15) is 0 Å². The zero-order chi connectivity index (χ0) is 18.6.